The molecule has 0 amide bonds. The van der Waals surface area contributed by atoms with Crippen molar-refractivity contribution in [1.82, 2.24) is 4.98 Å². The number of nitro benzene ring substituents is 1. The smallest absolute Gasteiger partial charge is 0.312 e. The van der Waals surface area contributed by atoms with E-state index in [2.05, 4.69) is 26.1 Å². The average molecular weight is 353 g/mol. The van der Waals surface area contributed by atoms with E-state index in [1.807, 2.05) is 0 Å². The largest absolute Gasteiger partial charge is 0.447 e. The van der Waals surface area contributed by atoms with Crippen molar-refractivity contribution in [2.75, 3.05) is 0 Å². The topological polar surface area (TPSA) is 124 Å². The molecule has 0 saturated heterocycles. The van der Waals surface area contributed by atoms with E-state index in [4.69, 9.17) is 15.7 Å². The summed E-state index contributed by atoms with van der Waals surface area (Å²) >= 11 is 3.20. The van der Waals surface area contributed by atoms with E-state index in [0.29, 0.717) is 4.47 Å². The number of hydrogen-bond donors (Lipinski definition) is 2. The van der Waals surface area contributed by atoms with Crippen molar-refractivity contribution < 1.29 is 14.9 Å². The van der Waals surface area contributed by atoms with Crippen LogP contribution in [0, 0.1) is 10.1 Å². The van der Waals surface area contributed by atoms with Gasteiger partial charge in [0.25, 0.3) is 0 Å². The first-order valence-electron chi connectivity index (χ1n) is 5.57. The van der Waals surface area contributed by atoms with Crippen LogP contribution in [-0.2, 0) is 0 Å². The molecule has 21 heavy (non-hydrogen) atoms. The Morgan fingerprint density at radius 1 is 1.43 bits per heavy atom. The number of nitrogens with zero attached hydrogens (tertiary/aromatic N) is 3. The van der Waals surface area contributed by atoms with Crippen LogP contribution in [0.15, 0.2) is 46.2 Å². The first-order chi connectivity index (χ1) is 10.0. The molecule has 1 heterocycles. The fourth-order valence-electron chi connectivity index (χ4n) is 1.50. The Labute approximate surface area is 127 Å². The third-order valence-electron chi connectivity index (χ3n) is 2.47. The van der Waals surface area contributed by atoms with Crippen LogP contribution in [0.25, 0.3) is 0 Å². The van der Waals surface area contributed by atoms with Gasteiger partial charge >= 0.3 is 5.69 Å². The Morgan fingerprint density at radius 3 is 2.76 bits per heavy atom. The molecular weight excluding hydrogens is 344 g/mol. The van der Waals surface area contributed by atoms with Gasteiger partial charge in [0.2, 0.25) is 5.75 Å². The van der Waals surface area contributed by atoms with Gasteiger partial charge in [-0.15, -0.1) is 0 Å². The zero-order valence-electron chi connectivity index (χ0n) is 10.4. The normalized spacial score (nSPS) is 11.2. The van der Waals surface area contributed by atoms with Gasteiger partial charge in [-0.3, -0.25) is 10.1 Å². The molecule has 2 aromatic rings. The van der Waals surface area contributed by atoms with Crippen molar-refractivity contribution in [1.29, 1.82) is 0 Å². The molecule has 0 saturated carbocycles. The van der Waals surface area contributed by atoms with E-state index in [9.17, 15) is 10.1 Å². The number of pyridine rings is 1. The van der Waals surface area contributed by atoms with Gasteiger partial charge in [0.05, 0.1) is 15.6 Å². The Balaban J connectivity index is 2.33. The lowest BCUT2D eigenvalue weighted by molar-refractivity contribution is -0.385. The minimum atomic E-state index is -0.543. The SMILES string of the molecule is N/C(=N/O)c1ccc(Oc2c(Br)cccc2[N+](=O)[O-])cn1. The monoisotopic (exact) mass is 352 g/mol. The van der Waals surface area contributed by atoms with Gasteiger partial charge in [0.1, 0.15) is 11.4 Å². The van der Waals surface area contributed by atoms with E-state index in [1.165, 1.54) is 30.5 Å². The molecule has 0 fully saturated rings. The molecule has 0 aliphatic rings. The maximum Gasteiger partial charge on any atom is 0.312 e. The van der Waals surface area contributed by atoms with E-state index in [-0.39, 0.29) is 28.7 Å². The van der Waals surface area contributed by atoms with Gasteiger partial charge in [-0.05, 0) is 34.1 Å². The molecule has 0 unspecified atom stereocenters. The number of benzene rings is 1. The van der Waals surface area contributed by atoms with Crippen LogP contribution in [-0.4, -0.2) is 21.0 Å². The predicted molar refractivity (Wildman–Crippen MR) is 77.6 cm³/mol. The van der Waals surface area contributed by atoms with Crippen LogP contribution >= 0.6 is 15.9 Å². The summed E-state index contributed by atoms with van der Waals surface area (Å²) in [6, 6.07) is 7.46. The summed E-state index contributed by atoms with van der Waals surface area (Å²) in [6.45, 7) is 0. The third-order valence-corrected chi connectivity index (χ3v) is 3.09. The Bertz CT molecular complexity index is 703. The summed E-state index contributed by atoms with van der Waals surface area (Å²) in [5.74, 6) is 0.203. The van der Waals surface area contributed by atoms with Gasteiger partial charge in [-0.2, -0.15) is 0 Å². The highest BCUT2D eigenvalue weighted by atomic mass is 79.9. The van der Waals surface area contributed by atoms with Crippen LogP contribution in [0.4, 0.5) is 5.69 Å². The molecular formula is C12H9BrN4O4. The zero-order chi connectivity index (χ0) is 15.4. The van der Waals surface area contributed by atoms with Crippen molar-refractivity contribution in [2.45, 2.75) is 0 Å². The Hall–Kier alpha value is -2.68. The molecule has 0 atom stereocenters. The fraction of sp³-hybridized carbons (Fsp3) is 0. The van der Waals surface area contributed by atoms with Crippen molar-refractivity contribution >= 4 is 27.5 Å². The maximum atomic E-state index is 11.0. The molecule has 0 aliphatic heterocycles. The molecule has 0 spiro atoms. The second-order valence-corrected chi connectivity index (χ2v) is 4.67. The lowest BCUT2D eigenvalue weighted by Gasteiger charge is -2.08. The van der Waals surface area contributed by atoms with Crippen LogP contribution in [0.2, 0.25) is 0 Å². The number of nitro groups is 1. The van der Waals surface area contributed by atoms with Crippen LogP contribution in [0.3, 0.4) is 0 Å². The first-order valence-corrected chi connectivity index (χ1v) is 6.37. The number of para-hydroxylation sites is 1. The third kappa shape index (κ3) is 3.26. The number of halogens is 1. The molecule has 1 aromatic carbocycles. The number of oxime groups is 1. The van der Waals surface area contributed by atoms with Crippen molar-refractivity contribution in [3.8, 4) is 11.5 Å². The number of ether oxygens (including phenoxy) is 1. The predicted octanol–water partition coefficient (Wildman–Crippen LogP) is 2.64. The molecule has 2 rings (SSSR count). The van der Waals surface area contributed by atoms with Gasteiger partial charge < -0.3 is 15.7 Å². The zero-order valence-corrected chi connectivity index (χ0v) is 12.0. The van der Waals surface area contributed by atoms with E-state index in [1.54, 1.807) is 6.07 Å². The summed E-state index contributed by atoms with van der Waals surface area (Å²) in [5.41, 5.74) is 5.46. The lowest BCUT2D eigenvalue weighted by Crippen LogP contribution is -2.14. The highest BCUT2D eigenvalue weighted by Crippen LogP contribution is 2.37. The van der Waals surface area contributed by atoms with Crippen molar-refractivity contribution in [3.05, 3.63) is 56.8 Å². The standard InChI is InChI=1S/C12H9BrN4O4/c13-8-2-1-3-10(17(19)20)11(8)21-7-4-5-9(15-6-7)12(14)16-18/h1-6,18H,(H2,14,16). The van der Waals surface area contributed by atoms with Crippen LogP contribution in [0.1, 0.15) is 5.69 Å². The maximum absolute atomic E-state index is 11.0. The molecule has 8 nitrogen and oxygen atoms in total. The van der Waals surface area contributed by atoms with Gasteiger partial charge in [-0.1, -0.05) is 11.2 Å². The summed E-state index contributed by atoms with van der Waals surface area (Å²) < 4.78 is 5.92. The van der Waals surface area contributed by atoms with Gasteiger partial charge in [0, 0.05) is 6.07 Å². The van der Waals surface area contributed by atoms with Crippen LogP contribution in [0.5, 0.6) is 11.5 Å². The van der Waals surface area contributed by atoms with E-state index >= 15 is 0 Å². The Morgan fingerprint density at radius 2 is 2.19 bits per heavy atom. The van der Waals surface area contributed by atoms with E-state index in [0.717, 1.165) is 0 Å². The minimum absolute atomic E-state index is 0.0702. The fourth-order valence-corrected chi connectivity index (χ4v) is 1.94. The second-order valence-electron chi connectivity index (χ2n) is 3.81. The number of aromatic nitrogens is 1. The highest BCUT2D eigenvalue weighted by molar-refractivity contribution is 9.10. The number of hydrogen-bond acceptors (Lipinski definition) is 6. The molecule has 9 heteroatoms. The van der Waals surface area contributed by atoms with Crippen molar-refractivity contribution in [2.24, 2.45) is 10.9 Å². The summed E-state index contributed by atoms with van der Waals surface area (Å²) in [7, 11) is 0. The molecule has 1 aromatic heterocycles. The summed E-state index contributed by atoms with van der Waals surface area (Å²) in [6.07, 6.45) is 1.32. The highest BCUT2D eigenvalue weighted by Gasteiger charge is 2.18. The van der Waals surface area contributed by atoms with Crippen molar-refractivity contribution in [3.63, 3.8) is 0 Å². The van der Waals surface area contributed by atoms with Gasteiger partial charge in [-0.25, -0.2) is 4.98 Å². The molecule has 108 valence electrons. The molecule has 0 radical (unpaired) electrons. The number of amidine groups is 1. The quantitative estimate of drug-likeness (QED) is 0.286. The molecule has 0 aliphatic carbocycles. The Kier molecular flexibility index (Phi) is 4.33. The van der Waals surface area contributed by atoms with E-state index < -0.39 is 4.92 Å². The van der Waals surface area contributed by atoms with Gasteiger partial charge in [0.15, 0.2) is 5.84 Å². The first kappa shape index (κ1) is 14.7. The second kappa shape index (κ2) is 6.18. The lowest BCUT2D eigenvalue weighted by atomic mass is 10.3. The number of nitrogens with two attached hydrogens (primary N) is 1. The minimum Gasteiger partial charge on any atom is -0.447 e. The summed E-state index contributed by atoms with van der Waals surface area (Å²) in [5, 5.41) is 22.3. The molecule has 3 N–H and O–H groups in total. The molecule has 0 bridgehead atoms. The van der Waals surface area contributed by atoms with Crippen LogP contribution < -0.4 is 10.5 Å². The average Bonchev–Trinajstić information content (AvgIpc) is 2.49. The number of rotatable bonds is 4. The summed E-state index contributed by atoms with van der Waals surface area (Å²) in [4.78, 5) is 14.4.